The lowest BCUT2D eigenvalue weighted by molar-refractivity contribution is 0.100. The van der Waals surface area contributed by atoms with E-state index < -0.39 is 6.09 Å². The van der Waals surface area contributed by atoms with Crippen LogP contribution in [-0.2, 0) is 5.41 Å². The van der Waals surface area contributed by atoms with Gasteiger partial charge in [-0.1, -0.05) is 0 Å². The zero-order valence-corrected chi connectivity index (χ0v) is 11.2. The monoisotopic (exact) mass is 248 g/mol. The summed E-state index contributed by atoms with van der Waals surface area (Å²) in [4.78, 5) is 16.6. The fourth-order valence-corrected chi connectivity index (χ4v) is 2.63. The molecule has 0 atom stereocenters. The first-order valence-electron chi connectivity index (χ1n) is 6.25. The third kappa shape index (κ3) is 2.33. The molecule has 98 valence electrons. The molecule has 1 aliphatic rings. The Hall–Kier alpha value is -1.58. The van der Waals surface area contributed by atoms with E-state index in [0.717, 1.165) is 19.3 Å². The minimum atomic E-state index is -0.870. The van der Waals surface area contributed by atoms with Gasteiger partial charge in [-0.3, -0.25) is 4.98 Å². The second-order valence-electron chi connectivity index (χ2n) is 5.85. The van der Waals surface area contributed by atoms with Gasteiger partial charge >= 0.3 is 6.09 Å². The van der Waals surface area contributed by atoms with Gasteiger partial charge in [-0.25, -0.2) is 4.79 Å². The normalized spacial score (nSPS) is 17.3. The number of carboxylic acid groups (broad SMARTS) is 1. The highest BCUT2D eigenvalue weighted by molar-refractivity contribution is 5.65. The molecular formula is C14H20N2O2. The Bertz CT molecular complexity index is 438. The largest absolute Gasteiger partial charge is 0.465 e. The summed E-state index contributed by atoms with van der Waals surface area (Å²) in [5.74, 6) is 0. The summed E-state index contributed by atoms with van der Waals surface area (Å²) < 4.78 is 0. The smallest absolute Gasteiger partial charge is 0.407 e. The van der Waals surface area contributed by atoms with Crippen molar-refractivity contribution >= 4 is 6.09 Å². The van der Waals surface area contributed by atoms with Crippen LogP contribution in [0.2, 0.25) is 0 Å². The average molecular weight is 248 g/mol. The molecule has 2 rings (SSSR count). The van der Waals surface area contributed by atoms with Crippen molar-refractivity contribution in [3.8, 4) is 0 Å². The van der Waals surface area contributed by atoms with Gasteiger partial charge in [0.05, 0.1) is 0 Å². The first-order valence-corrected chi connectivity index (χ1v) is 6.25. The zero-order chi connectivity index (χ0) is 13.4. The van der Waals surface area contributed by atoms with E-state index in [4.69, 9.17) is 5.11 Å². The molecule has 0 saturated heterocycles. The molecule has 0 unspecified atom stereocenters. The second kappa shape index (κ2) is 4.26. The molecule has 0 spiro atoms. The summed E-state index contributed by atoms with van der Waals surface area (Å²) >= 11 is 0. The number of pyridine rings is 1. The Kier molecular flexibility index (Phi) is 3.05. The van der Waals surface area contributed by atoms with Gasteiger partial charge in [0.25, 0.3) is 0 Å². The highest BCUT2D eigenvalue weighted by Crippen LogP contribution is 2.53. The number of amides is 1. The maximum atomic E-state index is 11.1. The molecule has 1 N–H and O–H groups in total. The van der Waals surface area contributed by atoms with Gasteiger partial charge in [0.15, 0.2) is 0 Å². The van der Waals surface area contributed by atoms with Crippen LogP contribution in [0.1, 0.15) is 38.7 Å². The maximum Gasteiger partial charge on any atom is 0.407 e. The van der Waals surface area contributed by atoms with Crippen molar-refractivity contribution in [3.05, 3.63) is 30.1 Å². The first kappa shape index (κ1) is 12.9. The van der Waals surface area contributed by atoms with Crippen LogP contribution in [-0.4, -0.2) is 33.7 Å². The molecule has 1 aromatic rings. The maximum absolute atomic E-state index is 11.1. The molecule has 0 radical (unpaired) electrons. The van der Waals surface area contributed by atoms with Gasteiger partial charge in [-0.2, -0.15) is 0 Å². The Balaban J connectivity index is 2.17. The lowest BCUT2D eigenvalue weighted by Crippen LogP contribution is -2.46. The van der Waals surface area contributed by atoms with E-state index in [2.05, 4.69) is 4.98 Å². The van der Waals surface area contributed by atoms with Crippen molar-refractivity contribution in [2.24, 2.45) is 0 Å². The van der Waals surface area contributed by atoms with Crippen molar-refractivity contribution in [1.29, 1.82) is 0 Å². The summed E-state index contributed by atoms with van der Waals surface area (Å²) in [6.07, 6.45) is 5.87. The van der Waals surface area contributed by atoms with E-state index in [1.54, 1.807) is 7.05 Å². The summed E-state index contributed by atoms with van der Waals surface area (Å²) in [5.41, 5.74) is 1.08. The molecule has 0 bridgehead atoms. The summed E-state index contributed by atoms with van der Waals surface area (Å²) in [6.45, 7) is 3.98. The highest BCUT2D eigenvalue weighted by Gasteiger charge is 2.49. The highest BCUT2D eigenvalue weighted by atomic mass is 16.4. The van der Waals surface area contributed by atoms with Crippen LogP contribution < -0.4 is 0 Å². The lowest BCUT2D eigenvalue weighted by Gasteiger charge is -2.37. The van der Waals surface area contributed by atoms with Crippen molar-refractivity contribution in [3.63, 3.8) is 0 Å². The molecule has 1 aliphatic carbocycles. The van der Waals surface area contributed by atoms with Crippen LogP contribution in [0.25, 0.3) is 0 Å². The van der Waals surface area contributed by atoms with Crippen LogP contribution >= 0.6 is 0 Å². The molecule has 4 heteroatoms. The molecule has 0 aromatic carbocycles. The number of nitrogens with zero attached hydrogens (tertiary/aromatic N) is 2. The Morgan fingerprint density at radius 3 is 2.44 bits per heavy atom. The van der Waals surface area contributed by atoms with Crippen LogP contribution in [0.5, 0.6) is 0 Å². The minimum Gasteiger partial charge on any atom is -0.465 e. The third-order valence-corrected chi connectivity index (χ3v) is 4.11. The Morgan fingerprint density at radius 2 is 2.00 bits per heavy atom. The average Bonchev–Trinajstić information content (AvgIpc) is 3.09. The van der Waals surface area contributed by atoms with Gasteiger partial charge < -0.3 is 10.0 Å². The topological polar surface area (TPSA) is 53.4 Å². The van der Waals surface area contributed by atoms with Gasteiger partial charge in [0.1, 0.15) is 0 Å². The number of aromatic nitrogens is 1. The van der Waals surface area contributed by atoms with Crippen molar-refractivity contribution < 1.29 is 9.90 Å². The standard InChI is InChI=1S/C14H20N2O2/c1-13(2,16(3)12(17)18)10-14(6-7-14)11-4-8-15-9-5-11/h4-5,8-9H,6-7,10H2,1-3H3,(H,17,18). The summed E-state index contributed by atoms with van der Waals surface area (Å²) in [5, 5.41) is 9.12. The van der Waals surface area contributed by atoms with Gasteiger partial charge in [-0.05, 0) is 56.2 Å². The Morgan fingerprint density at radius 1 is 1.44 bits per heavy atom. The zero-order valence-electron chi connectivity index (χ0n) is 11.2. The molecule has 1 saturated carbocycles. The fourth-order valence-electron chi connectivity index (χ4n) is 2.63. The lowest BCUT2D eigenvalue weighted by atomic mass is 9.83. The molecule has 0 aliphatic heterocycles. The van der Waals surface area contributed by atoms with E-state index in [1.165, 1.54) is 10.5 Å². The fraction of sp³-hybridized carbons (Fsp3) is 0.571. The van der Waals surface area contributed by atoms with E-state index in [0.29, 0.717) is 0 Å². The summed E-state index contributed by atoms with van der Waals surface area (Å²) in [7, 11) is 1.64. The third-order valence-electron chi connectivity index (χ3n) is 4.11. The van der Waals surface area contributed by atoms with E-state index in [-0.39, 0.29) is 11.0 Å². The molecule has 4 nitrogen and oxygen atoms in total. The van der Waals surface area contributed by atoms with Gasteiger partial charge in [0.2, 0.25) is 0 Å². The molecular weight excluding hydrogens is 228 g/mol. The van der Waals surface area contributed by atoms with Crippen molar-refractivity contribution in [2.45, 2.75) is 44.1 Å². The van der Waals surface area contributed by atoms with E-state index in [1.807, 2.05) is 38.4 Å². The molecule has 1 aromatic heterocycles. The number of carbonyl (C=O) groups is 1. The van der Waals surface area contributed by atoms with Gasteiger partial charge in [0, 0.05) is 25.0 Å². The Labute approximate surface area is 108 Å². The minimum absolute atomic E-state index is 0.149. The van der Waals surface area contributed by atoms with Crippen molar-refractivity contribution in [1.82, 2.24) is 9.88 Å². The molecule has 1 fully saturated rings. The van der Waals surface area contributed by atoms with Gasteiger partial charge in [-0.15, -0.1) is 0 Å². The number of hydrogen-bond acceptors (Lipinski definition) is 2. The van der Waals surface area contributed by atoms with Crippen LogP contribution in [0.3, 0.4) is 0 Å². The molecule has 1 heterocycles. The van der Waals surface area contributed by atoms with Crippen LogP contribution in [0, 0.1) is 0 Å². The SMILES string of the molecule is CN(C(=O)O)C(C)(C)CC1(c2ccncc2)CC1. The number of hydrogen-bond donors (Lipinski definition) is 1. The van der Waals surface area contributed by atoms with Crippen LogP contribution in [0.4, 0.5) is 4.79 Å². The van der Waals surface area contributed by atoms with E-state index in [9.17, 15) is 4.79 Å². The quantitative estimate of drug-likeness (QED) is 0.891. The van der Waals surface area contributed by atoms with E-state index >= 15 is 0 Å². The second-order valence-corrected chi connectivity index (χ2v) is 5.85. The predicted molar refractivity (Wildman–Crippen MR) is 69.6 cm³/mol. The summed E-state index contributed by atoms with van der Waals surface area (Å²) in [6, 6.07) is 4.09. The van der Waals surface area contributed by atoms with Crippen molar-refractivity contribution in [2.75, 3.05) is 7.05 Å². The molecule has 18 heavy (non-hydrogen) atoms. The van der Waals surface area contributed by atoms with Crippen LogP contribution in [0.15, 0.2) is 24.5 Å². The first-order chi connectivity index (χ1) is 8.37. The number of rotatable bonds is 4. The predicted octanol–water partition coefficient (Wildman–Crippen LogP) is 2.89. The molecule has 1 amide bonds.